The van der Waals surface area contributed by atoms with Gasteiger partial charge >= 0.3 is 0 Å². The number of nitriles is 1. The largest absolute Gasteiger partial charge is 0.342 e. The first-order valence-corrected chi connectivity index (χ1v) is 6.54. The number of hydrogen-bond acceptors (Lipinski definition) is 3. The summed E-state index contributed by atoms with van der Waals surface area (Å²) in [6.07, 6.45) is 3.19. The topological polar surface area (TPSA) is 44.0 Å². The Balaban J connectivity index is 2.28. The number of nitrogens with one attached hydrogen (secondary N) is 1. The lowest BCUT2D eigenvalue weighted by molar-refractivity contribution is 0.252. The molecule has 0 saturated carbocycles. The third kappa shape index (κ3) is 4.17. The van der Waals surface area contributed by atoms with Crippen LogP contribution in [0.15, 0.2) is 12.3 Å². The highest BCUT2D eigenvalue weighted by Crippen LogP contribution is 2.05. The molecule has 1 rings (SSSR count). The van der Waals surface area contributed by atoms with Crippen LogP contribution in [0.5, 0.6) is 0 Å². The Morgan fingerprint density at radius 1 is 1.56 bits per heavy atom. The molecule has 0 aliphatic heterocycles. The summed E-state index contributed by atoms with van der Waals surface area (Å²) in [5.41, 5.74) is 1.88. The number of rotatable bonds is 7. The fourth-order valence-corrected chi connectivity index (χ4v) is 1.86. The monoisotopic (exact) mass is 248 g/mol. The van der Waals surface area contributed by atoms with Gasteiger partial charge in [-0.05, 0) is 32.0 Å². The Hall–Kier alpha value is -1.31. The molecule has 0 aliphatic carbocycles. The van der Waals surface area contributed by atoms with E-state index < -0.39 is 0 Å². The van der Waals surface area contributed by atoms with Gasteiger partial charge in [-0.15, -0.1) is 0 Å². The van der Waals surface area contributed by atoms with Gasteiger partial charge in [-0.3, -0.25) is 0 Å². The number of aromatic nitrogens is 1. The predicted molar refractivity (Wildman–Crippen MR) is 74.2 cm³/mol. The summed E-state index contributed by atoms with van der Waals surface area (Å²) < 4.78 is 1.86. The van der Waals surface area contributed by atoms with Crippen molar-refractivity contribution < 1.29 is 0 Å². The van der Waals surface area contributed by atoms with E-state index in [1.165, 1.54) is 12.0 Å². The van der Waals surface area contributed by atoms with Crippen LogP contribution in [0.3, 0.4) is 0 Å². The maximum Gasteiger partial charge on any atom is 0.120 e. The van der Waals surface area contributed by atoms with Crippen LogP contribution >= 0.6 is 0 Å². The van der Waals surface area contributed by atoms with E-state index in [1.54, 1.807) is 0 Å². The van der Waals surface area contributed by atoms with Crippen molar-refractivity contribution in [3.63, 3.8) is 0 Å². The third-order valence-electron chi connectivity index (χ3n) is 3.49. The van der Waals surface area contributed by atoms with Crippen LogP contribution in [0.2, 0.25) is 0 Å². The van der Waals surface area contributed by atoms with Gasteiger partial charge < -0.3 is 14.8 Å². The van der Waals surface area contributed by atoms with Crippen molar-refractivity contribution in [1.29, 1.82) is 5.26 Å². The minimum absolute atomic E-state index is 0.633. The maximum atomic E-state index is 8.87. The summed E-state index contributed by atoms with van der Waals surface area (Å²) in [4.78, 5) is 2.36. The summed E-state index contributed by atoms with van der Waals surface area (Å²) in [5.74, 6) is 0. The van der Waals surface area contributed by atoms with Gasteiger partial charge in [0.1, 0.15) is 11.8 Å². The summed E-state index contributed by atoms with van der Waals surface area (Å²) in [6.45, 7) is 7.30. The molecular formula is C14H24N4. The van der Waals surface area contributed by atoms with E-state index in [0.29, 0.717) is 11.7 Å². The average Bonchev–Trinajstić information content (AvgIpc) is 2.73. The molecule has 0 amide bonds. The molecule has 1 aromatic heterocycles. The number of aryl methyl sites for hydroxylation is 1. The van der Waals surface area contributed by atoms with Gasteiger partial charge in [0, 0.05) is 38.9 Å². The van der Waals surface area contributed by atoms with Gasteiger partial charge in [-0.2, -0.15) is 5.26 Å². The van der Waals surface area contributed by atoms with Crippen molar-refractivity contribution in [2.24, 2.45) is 7.05 Å². The molecule has 0 fully saturated rings. The quantitative estimate of drug-likeness (QED) is 0.747. The molecule has 1 aromatic rings. The molecule has 0 spiro atoms. The van der Waals surface area contributed by atoms with Crippen molar-refractivity contribution in [3.8, 4) is 6.07 Å². The number of nitrogens with zero attached hydrogens (tertiary/aromatic N) is 3. The van der Waals surface area contributed by atoms with E-state index in [4.69, 9.17) is 5.26 Å². The third-order valence-corrected chi connectivity index (χ3v) is 3.49. The first-order valence-electron chi connectivity index (χ1n) is 6.54. The Morgan fingerprint density at radius 3 is 2.83 bits per heavy atom. The highest BCUT2D eigenvalue weighted by Gasteiger charge is 2.06. The van der Waals surface area contributed by atoms with Gasteiger partial charge in [-0.25, -0.2) is 0 Å². The molecular weight excluding hydrogens is 224 g/mol. The SMILES string of the molecule is CCC(C)N(C)CCNCc1cc(C#N)n(C)c1. The zero-order valence-electron chi connectivity index (χ0n) is 11.9. The molecule has 4 nitrogen and oxygen atoms in total. The second-order valence-corrected chi connectivity index (χ2v) is 4.87. The Labute approximate surface area is 110 Å². The molecule has 1 unspecified atom stereocenters. The zero-order valence-corrected chi connectivity index (χ0v) is 11.9. The Bertz CT molecular complexity index is 402. The van der Waals surface area contributed by atoms with E-state index in [1.807, 2.05) is 23.9 Å². The lowest BCUT2D eigenvalue weighted by Crippen LogP contribution is -2.34. The van der Waals surface area contributed by atoms with E-state index in [2.05, 4.69) is 37.2 Å². The highest BCUT2D eigenvalue weighted by molar-refractivity contribution is 5.28. The van der Waals surface area contributed by atoms with Crippen LogP contribution < -0.4 is 5.32 Å². The van der Waals surface area contributed by atoms with Crippen molar-refractivity contribution in [1.82, 2.24) is 14.8 Å². The van der Waals surface area contributed by atoms with Crippen molar-refractivity contribution >= 4 is 0 Å². The predicted octanol–water partition coefficient (Wildman–Crippen LogP) is 1.72. The summed E-state index contributed by atoms with van der Waals surface area (Å²) in [7, 11) is 4.06. The smallest absolute Gasteiger partial charge is 0.120 e. The number of hydrogen-bond donors (Lipinski definition) is 1. The van der Waals surface area contributed by atoms with Gasteiger partial charge in [0.15, 0.2) is 0 Å². The molecule has 0 saturated heterocycles. The normalized spacial score (nSPS) is 12.7. The van der Waals surface area contributed by atoms with Crippen molar-refractivity contribution in [2.45, 2.75) is 32.9 Å². The minimum Gasteiger partial charge on any atom is -0.342 e. The molecule has 0 aliphatic rings. The van der Waals surface area contributed by atoms with Crippen LogP contribution in [-0.4, -0.2) is 35.6 Å². The summed E-state index contributed by atoms with van der Waals surface area (Å²) in [6, 6.07) is 4.74. The van der Waals surface area contributed by atoms with E-state index in [-0.39, 0.29) is 0 Å². The molecule has 0 bridgehead atoms. The first kappa shape index (κ1) is 14.7. The van der Waals surface area contributed by atoms with Crippen LogP contribution in [0, 0.1) is 11.3 Å². The van der Waals surface area contributed by atoms with Crippen LogP contribution in [-0.2, 0) is 13.6 Å². The van der Waals surface area contributed by atoms with Crippen LogP contribution in [0.4, 0.5) is 0 Å². The summed E-state index contributed by atoms with van der Waals surface area (Å²) in [5, 5.41) is 12.3. The molecule has 4 heteroatoms. The molecule has 1 N–H and O–H groups in total. The fraction of sp³-hybridized carbons (Fsp3) is 0.643. The summed E-state index contributed by atoms with van der Waals surface area (Å²) >= 11 is 0. The number of likely N-dealkylation sites (N-methyl/N-ethyl adjacent to an activating group) is 1. The molecule has 100 valence electrons. The van der Waals surface area contributed by atoms with Crippen molar-refractivity contribution in [2.75, 3.05) is 20.1 Å². The van der Waals surface area contributed by atoms with Crippen molar-refractivity contribution in [3.05, 3.63) is 23.5 Å². The molecule has 0 radical (unpaired) electrons. The van der Waals surface area contributed by atoms with Gasteiger partial charge in [-0.1, -0.05) is 6.92 Å². The van der Waals surface area contributed by atoms with Crippen LogP contribution in [0.25, 0.3) is 0 Å². The Kier molecular flexibility index (Phi) is 5.90. The van der Waals surface area contributed by atoms with E-state index >= 15 is 0 Å². The van der Waals surface area contributed by atoms with E-state index in [9.17, 15) is 0 Å². The first-order chi connectivity index (χ1) is 8.58. The van der Waals surface area contributed by atoms with Gasteiger partial charge in [0.05, 0.1) is 0 Å². The van der Waals surface area contributed by atoms with E-state index in [0.717, 1.165) is 19.6 Å². The lowest BCUT2D eigenvalue weighted by Gasteiger charge is -2.23. The Morgan fingerprint density at radius 2 is 2.28 bits per heavy atom. The van der Waals surface area contributed by atoms with Crippen LogP contribution in [0.1, 0.15) is 31.5 Å². The second-order valence-electron chi connectivity index (χ2n) is 4.87. The molecule has 1 heterocycles. The van der Waals surface area contributed by atoms with Gasteiger partial charge in [0.25, 0.3) is 0 Å². The van der Waals surface area contributed by atoms with Gasteiger partial charge in [0.2, 0.25) is 0 Å². The lowest BCUT2D eigenvalue weighted by atomic mass is 10.2. The minimum atomic E-state index is 0.633. The molecule has 0 aromatic carbocycles. The zero-order chi connectivity index (χ0) is 13.5. The molecule has 18 heavy (non-hydrogen) atoms. The standard InChI is InChI=1S/C14H24N4/c1-5-12(2)17(3)7-6-16-10-13-8-14(9-15)18(4)11-13/h8,11-12,16H,5-7,10H2,1-4H3. The average molecular weight is 248 g/mol. The highest BCUT2D eigenvalue weighted by atomic mass is 15.1. The molecule has 1 atom stereocenters. The maximum absolute atomic E-state index is 8.87. The fourth-order valence-electron chi connectivity index (χ4n) is 1.86. The second kappa shape index (κ2) is 7.20.